The number of hydrogen-bond donors (Lipinski definition) is 4. The van der Waals surface area contributed by atoms with Gasteiger partial charge in [0.1, 0.15) is 0 Å². The number of aliphatic hydroxyl groups excluding tert-OH is 1. The van der Waals surface area contributed by atoms with Crippen molar-refractivity contribution in [1.82, 2.24) is 15.1 Å². The lowest BCUT2D eigenvalue weighted by Crippen LogP contribution is -2.44. The summed E-state index contributed by atoms with van der Waals surface area (Å²) in [6.07, 6.45) is 56.2. The van der Waals surface area contributed by atoms with E-state index in [0.29, 0.717) is 17.3 Å². The number of ether oxygens (including phenoxy) is 1. The number of nitrogens with zero attached hydrogens (tertiary/aromatic N) is 3. The third kappa shape index (κ3) is 61.0. The van der Waals surface area contributed by atoms with Crippen LogP contribution in [0, 0.1) is 152 Å². The first-order valence-corrected chi connectivity index (χ1v) is 54.9. The molecule has 0 aromatic carbocycles. The van der Waals surface area contributed by atoms with Gasteiger partial charge in [0.05, 0.1) is 36.5 Å². The molecule has 10 aliphatic rings. The van der Waals surface area contributed by atoms with Gasteiger partial charge >= 0.3 is 0 Å². The number of aliphatic hydroxyl groups is 3. The average molecular weight is 1770 g/mol. The van der Waals surface area contributed by atoms with Crippen molar-refractivity contribution in [3.63, 3.8) is 0 Å². The molecule has 0 aromatic heterocycles. The van der Waals surface area contributed by atoms with E-state index in [1.54, 1.807) is 0 Å². The molecule has 0 amide bonds. The van der Waals surface area contributed by atoms with Gasteiger partial charge in [0.15, 0.2) is 0 Å². The molecule has 6 aliphatic carbocycles. The zero-order valence-electron chi connectivity index (χ0n) is 91.0. The Hall–Kier alpha value is -0.860. The molecule has 4 aliphatic heterocycles. The summed E-state index contributed by atoms with van der Waals surface area (Å²) in [5.74, 6) is 17.0. The molecule has 10 rings (SSSR count). The van der Waals surface area contributed by atoms with E-state index < -0.39 is 0 Å². The van der Waals surface area contributed by atoms with Gasteiger partial charge in [-0.05, 0) is 368 Å². The standard InChI is InChI=1S/C13H26.C12H24.C11H23N.C11H22O.2C11H22.C10H21N.C10H20O.C8H16O.C6H13F.C6H11NO.C6H13N.CH4/c1-10(2)11-6-8-12(9-7-11)13(3,4)5;1-4-12(10-11(2)3)8-6-5-7-9-12;1-9(2)11-5-7-12(8-6-11)10(3)4;1-10(2)6-9-11(12)7-4-3-5-8-11;1-4-10-5-7-11(8-6-10)9(2)3;1-4-11(9-10(2)3)7-5-6-8-11;1-4-11-7-5-6-10(11)8-9(2)3;1-4-10(8(2)3)9-5-6-11-7-9;1-7(2)6-8(9)4-3-5-8;1-6(2)4-3-5-7;1-5(2)6(3-7)4-8;1-5(2)6-3-7-4-6;/h10-12H,6-9H2,1-5H3;11H,4-10H2,1-3H3;9-11H,5-8H2,1-4H3;10,12H,3-9H2,1-2H3;9-11H,4-8H2,1-3H3;10H,4-9H2,1-3H3;9-10H,4-8H2,1-3H3;8-10H,4-7H2,1-3H3;7,9H,3-6H2,1-2H3;6H,3-5H2,1-2H3;5-6,8H,4H2,1-2H3;5-7H,3-4H2,1-2H3;1H4. The monoisotopic (exact) mass is 1770 g/mol. The van der Waals surface area contributed by atoms with Crippen LogP contribution in [0.5, 0.6) is 0 Å². The molecule has 0 radical (unpaired) electrons. The van der Waals surface area contributed by atoms with Gasteiger partial charge in [-0.25, -0.2) is 0 Å². The Morgan fingerprint density at radius 2 is 0.896 bits per heavy atom. The minimum Gasteiger partial charge on any atom is -0.395 e. The third-order valence-corrected chi connectivity index (χ3v) is 31.8. The molecular formula is C116H237FN4O4. The Morgan fingerprint density at radius 1 is 0.464 bits per heavy atom. The number of piperidine rings is 1. The Balaban J connectivity index is -0.00000130. The molecule has 752 valence electrons. The van der Waals surface area contributed by atoms with Gasteiger partial charge in [0, 0.05) is 25.3 Å². The van der Waals surface area contributed by atoms with E-state index in [0.717, 1.165) is 188 Å². The molecule has 0 bridgehead atoms. The number of alkyl halides is 1. The molecule has 4 saturated heterocycles. The maximum absolute atomic E-state index is 11.4. The molecule has 0 spiro atoms. The summed E-state index contributed by atoms with van der Waals surface area (Å²) in [6, 6.07) is 3.65. The highest BCUT2D eigenvalue weighted by atomic mass is 19.1. The smallest absolute Gasteiger partial charge is 0.0894 e. The van der Waals surface area contributed by atoms with E-state index in [9.17, 15) is 14.6 Å². The zero-order chi connectivity index (χ0) is 94.8. The number of nitrogens with one attached hydrogen (secondary N) is 1. The van der Waals surface area contributed by atoms with Gasteiger partial charge in [-0.3, -0.25) is 4.39 Å². The van der Waals surface area contributed by atoms with Crippen molar-refractivity contribution in [3.8, 4) is 6.07 Å². The van der Waals surface area contributed by atoms with Crippen LogP contribution < -0.4 is 5.32 Å². The van der Waals surface area contributed by atoms with Crippen molar-refractivity contribution < 1.29 is 24.4 Å². The predicted octanol–water partition coefficient (Wildman–Crippen LogP) is 34.5. The van der Waals surface area contributed by atoms with E-state index >= 15 is 0 Å². The van der Waals surface area contributed by atoms with Gasteiger partial charge in [-0.1, -0.05) is 319 Å². The molecule has 4 unspecified atom stereocenters. The second-order valence-electron chi connectivity index (χ2n) is 48.5. The fourth-order valence-electron chi connectivity index (χ4n) is 22.2. The maximum Gasteiger partial charge on any atom is 0.0894 e. The quantitative estimate of drug-likeness (QED) is 0.0613. The third-order valence-electron chi connectivity index (χ3n) is 31.8. The van der Waals surface area contributed by atoms with Gasteiger partial charge < -0.3 is 35.2 Å². The fourth-order valence-corrected chi connectivity index (χ4v) is 22.2. The van der Waals surface area contributed by atoms with Gasteiger partial charge in [0.2, 0.25) is 0 Å². The summed E-state index contributed by atoms with van der Waals surface area (Å²) in [4.78, 5) is 5.22. The van der Waals surface area contributed by atoms with E-state index in [4.69, 9.17) is 15.1 Å². The van der Waals surface area contributed by atoms with Crippen molar-refractivity contribution in [2.24, 2.45) is 141 Å². The van der Waals surface area contributed by atoms with Crippen LogP contribution in [0.3, 0.4) is 0 Å². The lowest BCUT2D eigenvalue weighted by Gasteiger charge is -2.38. The fraction of sp³-hybridized carbons (Fsp3) is 0.991. The van der Waals surface area contributed by atoms with Gasteiger partial charge in [-0.2, -0.15) is 5.26 Å². The Labute approximate surface area is 788 Å². The SMILES string of the molecule is C.CC(C)C(C#N)CO.CC(C)C1CCC(C(C)(C)C)CC1.CC(C)C1CCN(C(C)C)CC1.CC(C)C1CNC1.CC(C)CC1(O)CCC1.CC(C)CCC1(O)CCCCC1.CC(C)CCCF.CCC(C(C)C)C1CCOC1.CCC1(CC(C)C)CCCC1.CCC1(CC(C)C)CCCCC1.CCC1CCC(C(C)C)CC1.CCN1CCCC1CC(C)C. The number of rotatable bonds is 28. The van der Waals surface area contributed by atoms with Crippen LogP contribution in [-0.2, 0) is 4.74 Å². The Morgan fingerprint density at radius 3 is 1.17 bits per heavy atom. The van der Waals surface area contributed by atoms with Crippen LogP contribution in [0.15, 0.2) is 0 Å². The molecule has 8 nitrogen and oxygen atoms in total. The molecule has 0 aromatic rings. The van der Waals surface area contributed by atoms with E-state index in [-0.39, 0.29) is 43.7 Å². The molecule has 10 fully saturated rings. The normalized spacial score (nSPS) is 23.9. The van der Waals surface area contributed by atoms with Crippen LogP contribution in [-0.4, -0.2) is 114 Å². The van der Waals surface area contributed by atoms with E-state index in [1.165, 1.54) is 258 Å². The number of nitriles is 1. The molecule has 6 saturated carbocycles. The summed E-state index contributed by atoms with van der Waals surface area (Å²) >= 11 is 0. The van der Waals surface area contributed by atoms with Crippen LogP contribution in [0.4, 0.5) is 4.39 Å². The lowest BCUT2D eigenvalue weighted by atomic mass is 9.68. The molecule has 4 N–H and O–H groups in total. The van der Waals surface area contributed by atoms with Crippen molar-refractivity contribution in [2.45, 2.75) is 536 Å². The zero-order valence-corrected chi connectivity index (χ0v) is 91.0. The summed E-state index contributed by atoms with van der Waals surface area (Å²) in [5, 5.41) is 39.7. The predicted molar refractivity (Wildman–Crippen MR) is 557 cm³/mol. The largest absolute Gasteiger partial charge is 0.395 e. The van der Waals surface area contributed by atoms with Crippen molar-refractivity contribution in [2.75, 3.05) is 65.8 Å². The summed E-state index contributed by atoms with van der Waals surface area (Å²) < 4.78 is 16.7. The average Bonchev–Trinajstić information content (AvgIpc) is 1.83. The molecule has 4 heterocycles. The van der Waals surface area contributed by atoms with E-state index in [2.05, 4.69) is 237 Å². The van der Waals surface area contributed by atoms with Crippen LogP contribution in [0.25, 0.3) is 0 Å². The van der Waals surface area contributed by atoms with Crippen LogP contribution in [0.1, 0.15) is 513 Å². The lowest BCUT2D eigenvalue weighted by molar-refractivity contribution is -0.0493. The second kappa shape index (κ2) is 72.5. The minimum atomic E-state index is -0.289. The first kappa shape index (κ1) is 128. The molecule has 125 heavy (non-hydrogen) atoms. The Kier molecular flexibility index (Phi) is 74.4. The maximum atomic E-state index is 11.4. The minimum absolute atomic E-state index is 0. The van der Waals surface area contributed by atoms with Crippen molar-refractivity contribution in [3.05, 3.63) is 0 Å². The first-order chi connectivity index (χ1) is 58.2. The highest BCUT2D eigenvalue weighted by Crippen LogP contribution is 2.47. The van der Waals surface area contributed by atoms with Crippen LogP contribution in [0.2, 0.25) is 0 Å². The number of hydrogen-bond acceptors (Lipinski definition) is 8. The van der Waals surface area contributed by atoms with Gasteiger partial charge in [0.25, 0.3) is 0 Å². The van der Waals surface area contributed by atoms with E-state index in [1.807, 2.05) is 19.9 Å². The highest BCUT2D eigenvalue weighted by molar-refractivity contribution is 4.90. The van der Waals surface area contributed by atoms with Crippen molar-refractivity contribution >= 4 is 0 Å². The summed E-state index contributed by atoms with van der Waals surface area (Å²) in [6.45, 7) is 87.4. The Bertz CT molecular complexity index is 2370. The number of likely N-dealkylation sites (tertiary alicyclic amines) is 2. The van der Waals surface area contributed by atoms with Crippen LogP contribution >= 0.6 is 0 Å². The highest BCUT2D eigenvalue weighted by Gasteiger charge is 2.37. The van der Waals surface area contributed by atoms with Crippen molar-refractivity contribution in [1.29, 1.82) is 5.26 Å². The molecular weight excluding hydrogens is 1530 g/mol. The topological polar surface area (TPSA) is 112 Å². The molecule has 4 atom stereocenters. The first-order valence-electron chi connectivity index (χ1n) is 54.9. The number of halogens is 1. The summed E-state index contributed by atoms with van der Waals surface area (Å²) in [5.41, 5.74) is 1.50. The summed E-state index contributed by atoms with van der Waals surface area (Å²) in [7, 11) is 0. The van der Waals surface area contributed by atoms with Gasteiger partial charge in [-0.15, -0.1) is 0 Å². The molecule has 9 heteroatoms. The second-order valence-corrected chi connectivity index (χ2v) is 48.5.